The van der Waals surface area contributed by atoms with Gasteiger partial charge in [0.05, 0.1) is 18.1 Å². The number of nitrogens with one attached hydrogen (secondary N) is 1. The lowest BCUT2D eigenvalue weighted by molar-refractivity contribution is 0.0317. The summed E-state index contributed by atoms with van der Waals surface area (Å²) in [5.41, 5.74) is 3.17. The minimum absolute atomic E-state index is 0.140. The maximum Gasteiger partial charge on any atom is 0.211 e. The van der Waals surface area contributed by atoms with Crippen molar-refractivity contribution in [1.82, 2.24) is 14.6 Å². The molecule has 1 N–H and O–H groups in total. The number of pyridine rings is 1. The molecule has 0 spiro atoms. The van der Waals surface area contributed by atoms with Crippen LogP contribution in [0.3, 0.4) is 0 Å². The third kappa shape index (κ3) is 3.40. The third-order valence-corrected chi connectivity index (χ3v) is 7.28. The van der Waals surface area contributed by atoms with E-state index < -0.39 is 10.0 Å². The molecule has 4 rings (SSSR count). The molecule has 0 bridgehead atoms. The Morgan fingerprint density at radius 3 is 2.77 bits per heavy atom. The van der Waals surface area contributed by atoms with Crippen molar-refractivity contribution in [1.29, 1.82) is 0 Å². The zero-order valence-corrected chi connectivity index (χ0v) is 16.3. The van der Waals surface area contributed by atoms with Gasteiger partial charge in [0.25, 0.3) is 0 Å². The van der Waals surface area contributed by atoms with Crippen LogP contribution >= 0.6 is 0 Å². The standard InChI is InChI=1S/C19H27N3O3S/c1-19(16-3-7-20-8-4-16)12-15-11-17(21-13-18(15)25-19)14-5-9-22(10-6-14)26(2,23)24/h5,11,13,16,20H,3-4,6-10,12H2,1-2H3/t19-/m1/s1. The van der Waals surface area contributed by atoms with Crippen molar-refractivity contribution in [3.63, 3.8) is 0 Å². The van der Waals surface area contributed by atoms with Crippen LogP contribution < -0.4 is 10.1 Å². The highest BCUT2D eigenvalue weighted by Crippen LogP contribution is 2.42. The summed E-state index contributed by atoms with van der Waals surface area (Å²) in [7, 11) is -3.13. The number of hydrogen-bond donors (Lipinski definition) is 1. The smallest absolute Gasteiger partial charge is 0.211 e. The summed E-state index contributed by atoms with van der Waals surface area (Å²) in [5.74, 6) is 1.47. The van der Waals surface area contributed by atoms with Gasteiger partial charge in [-0.2, -0.15) is 4.31 Å². The summed E-state index contributed by atoms with van der Waals surface area (Å²) in [4.78, 5) is 4.60. The van der Waals surface area contributed by atoms with E-state index in [1.165, 1.54) is 16.1 Å². The van der Waals surface area contributed by atoms with Crippen molar-refractivity contribution < 1.29 is 13.2 Å². The molecule has 0 aliphatic carbocycles. The predicted molar refractivity (Wildman–Crippen MR) is 102 cm³/mol. The first kappa shape index (κ1) is 17.9. The molecular weight excluding hydrogens is 350 g/mol. The zero-order valence-electron chi connectivity index (χ0n) is 15.5. The maximum absolute atomic E-state index is 11.7. The number of rotatable bonds is 3. The molecule has 6 nitrogen and oxygen atoms in total. The van der Waals surface area contributed by atoms with E-state index in [9.17, 15) is 8.42 Å². The number of nitrogens with zero attached hydrogens (tertiary/aromatic N) is 2. The predicted octanol–water partition coefficient (Wildman–Crippen LogP) is 1.82. The van der Waals surface area contributed by atoms with Crippen LogP contribution in [-0.2, 0) is 16.4 Å². The largest absolute Gasteiger partial charge is 0.485 e. The van der Waals surface area contributed by atoms with Gasteiger partial charge in [0.15, 0.2) is 0 Å². The molecule has 0 radical (unpaired) electrons. The van der Waals surface area contributed by atoms with Crippen LogP contribution in [0.15, 0.2) is 18.3 Å². The van der Waals surface area contributed by atoms with Crippen LogP contribution in [0, 0.1) is 5.92 Å². The molecule has 1 aromatic rings. The molecule has 0 amide bonds. The molecule has 3 aliphatic heterocycles. The Balaban J connectivity index is 1.52. The highest BCUT2D eigenvalue weighted by Gasteiger charge is 2.42. The molecular formula is C19H27N3O3S. The SMILES string of the molecule is C[C@]1(C2CCNCC2)Cc2cc(C3=CCN(S(C)(=O)=O)CC3)ncc2O1. The van der Waals surface area contributed by atoms with E-state index in [0.29, 0.717) is 25.4 Å². The fourth-order valence-corrected chi connectivity index (χ4v) is 5.17. The van der Waals surface area contributed by atoms with E-state index in [0.717, 1.165) is 49.4 Å². The Hall–Kier alpha value is -1.44. The lowest BCUT2D eigenvalue weighted by Crippen LogP contribution is -2.44. The van der Waals surface area contributed by atoms with Crippen molar-refractivity contribution >= 4 is 15.6 Å². The van der Waals surface area contributed by atoms with Crippen LogP contribution in [0.4, 0.5) is 0 Å². The Kier molecular flexibility index (Phi) is 4.57. The van der Waals surface area contributed by atoms with Crippen molar-refractivity contribution in [2.24, 2.45) is 5.92 Å². The van der Waals surface area contributed by atoms with E-state index in [-0.39, 0.29) is 5.60 Å². The van der Waals surface area contributed by atoms with E-state index in [2.05, 4.69) is 23.3 Å². The van der Waals surface area contributed by atoms with Crippen molar-refractivity contribution in [3.05, 3.63) is 29.6 Å². The fourth-order valence-electron chi connectivity index (χ4n) is 4.40. The summed E-state index contributed by atoms with van der Waals surface area (Å²) in [6.07, 6.45) is 9.02. The number of fused-ring (bicyclic) bond motifs is 1. The van der Waals surface area contributed by atoms with Gasteiger partial charge in [-0.3, -0.25) is 4.98 Å². The summed E-state index contributed by atoms with van der Waals surface area (Å²) >= 11 is 0. The summed E-state index contributed by atoms with van der Waals surface area (Å²) in [6, 6.07) is 2.14. The van der Waals surface area contributed by atoms with Crippen LogP contribution in [0.5, 0.6) is 5.75 Å². The topological polar surface area (TPSA) is 71.5 Å². The molecule has 1 saturated heterocycles. The molecule has 4 heterocycles. The number of hydrogen-bond acceptors (Lipinski definition) is 5. The van der Waals surface area contributed by atoms with E-state index in [1.54, 1.807) is 0 Å². The van der Waals surface area contributed by atoms with Gasteiger partial charge in [-0.05, 0) is 50.9 Å². The first-order valence-corrected chi connectivity index (χ1v) is 11.2. The Morgan fingerprint density at radius 2 is 2.12 bits per heavy atom. The minimum Gasteiger partial charge on any atom is -0.485 e. The summed E-state index contributed by atoms with van der Waals surface area (Å²) < 4.78 is 31.2. The van der Waals surface area contributed by atoms with Crippen LogP contribution in [0.2, 0.25) is 0 Å². The van der Waals surface area contributed by atoms with E-state index in [4.69, 9.17) is 4.74 Å². The molecule has 1 atom stereocenters. The quantitative estimate of drug-likeness (QED) is 0.870. The molecule has 142 valence electrons. The summed E-state index contributed by atoms with van der Waals surface area (Å²) in [6.45, 7) is 5.30. The molecule has 0 saturated carbocycles. The van der Waals surface area contributed by atoms with Crippen molar-refractivity contribution in [2.75, 3.05) is 32.4 Å². The minimum atomic E-state index is -3.13. The normalized spacial score (nSPS) is 27.7. The second-order valence-electron chi connectivity index (χ2n) is 7.89. The van der Waals surface area contributed by atoms with Crippen molar-refractivity contribution in [2.45, 2.75) is 38.2 Å². The van der Waals surface area contributed by atoms with Gasteiger partial charge in [-0.25, -0.2) is 8.42 Å². The first-order valence-electron chi connectivity index (χ1n) is 9.38. The van der Waals surface area contributed by atoms with Gasteiger partial charge >= 0.3 is 0 Å². The number of piperidine rings is 1. The van der Waals surface area contributed by atoms with E-state index in [1.807, 2.05) is 12.3 Å². The van der Waals surface area contributed by atoms with Crippen LogP contribution in [-0.4, -0.2) is 55.7 Å². The van der Waals surface area contributed by atoms with Gasteiger partial charge < -0.3 is 10.1 Å². The van der Waals surface area contributed by atoms with Crippen LogP contribution in [0.25, 0.3) is 5.57 Å². The van der Waals surface area contributed by atoms with Crippen molar-refractivity contribution in [3.8, 4) is 5.75 Å². The monoisotopic (exact) mass is 377 g/mol. The molecule has 3 aliphatic rings. The van der Waals surface area contributed by atoms with Gasteiger partial charge in [0, 0.05) is 31.0 Å². The highest BCUT2D eigenvalue weighted by atomic mass is 32.2. The third-order valence-electron chi connectivity index (χ3n) is 6.01. The first-order chi connectivity index (χ1) is 12.4. The molecule has 1 aromatic heterocycles. The van der Waals surface area contributed by atoms with E-state index >= 15 is 0 Å². The second-order valence-corrected chi connectivity index (χ2v) is 9.88. The van der Waals surface area contributed by atoms with Gasteiger partial charge in [0.2, 0.25) is 10.0 Å². The Labute approximate surface area is 155 Å². The number of ether oxygens (including phenoxy) is 1. The Morgan fingerprint density at radius 1 is 1.35 bits per heavy atom. The number of aromatic nitrogens is 1. The molecule has 0 unspecified atom stereocenters. The fraction of sp³-hybridized carbons (Fsp3) is 0.632. The maximum atomic E-state index is 11.7. The lowest BCUT2D eigenvalue weighted by atomic mass is 9.79. The number of sulfonamides is 1. The highest BCUT2D eigenvalue weighted by molar-refractivity contribution is 7.88. The molecule has 0 aromatic carbocycles. The average molecular weight is 378 g/mol. The zero-order chi connectivity index (χ0) is 18.4. The molecule has 26 heavy (non-hydrogen) atoms. The molecule has 7 heteroatoms. The van der Waals surface area contributed by atoms with Gasteiger partial charge in [-0.1, -0.05) is 6.08 Å². The second kappa shape index (κ2) is 6.62. The molecule has 1 fully saturated rings. The lowest BCUT2D eigenvalue weighted by Gasteiger charge is -2.36. The average Bonchev–Trinajstić information content (AvgIpc) is 2.98. The Bertz CT molecular complexity index is 830. The van der Waals surface area contributed by atoms with Crippen LogP contribution in [0.1, 0.15) is 37.4 Å². The summed E-state index contributed by atoms with van der Waals surface area (Å²) in [5, 5.41) is 3.42. The van der Waals surface area contributed by atoms with Gasteiger partial charge in [0.1, 0.15) is 11.4 Å². The van der Waals surface area contributed by atoms with Gasteiger partial charge in [-0.15, -0.1) is 0 Å².